The van der Waals surface area contributed by atoms with Crippen molar-refractivity contribution < 1.29 is 4.74 Å². The number of fused-ring (bicyclic) bond motifs is 1. The summed E-state index contributed by atoms with van der Waals surface area (Å²) in [4.78, 5) is 14.4. The second-order valence-corrected chi connectivity index (χ2v) is 10.6. The van der Waals surface area contributed by atoms with E-state index in [9.17, 15) is 0 Å². The van der Waals surface area contributed by atoms with Crippen molar-refractivity contribution in [3.63, 3.8) is 0 Å². The Morgan fingerprint density at radius 1 is 1.29 bits per heavy atom. The first-order valence-corrected chi connectivity index (χ1v) is 13.2. The van der Waals surface area contributed by atoms with Crippen molar-refractivity contribution in [2.45, 2.75) is 53.0 Å². The zero-order valence-electron chi connectivity index (χ0n) is 21.4. The van der Waals surface area contributed by atoms with Crippen LogP contribution < -0.4 is 9.64 Å². The minimum Gasteiger partial charge on any atom is -0.493 e. The van der Waals surface area contributed by atoms with Crippen molar-refractivity contribution in [2.24, 2.45) is 0 Å². The molecule has 0 spiro atoms. The molecule has 0 bridgehead atoms. The van der Waals surface area contributed by atoms with Gasteiger partial charge in [0.15, 0.2) is 11.4 Å². The van der Waals surface area contributed by atoms with E-state index < -0.39 is 0 Å². The molecule has 0 aliphatic carbocycles. The van der Waals surface area contributed by atoms with E-state index in [4.69, 9.17) is 14.8 Å². The molecule has 35 heavy (non-hydrogen) atoms. The fourth-order valence-electron chi connectivity index (χ4n) is 5.09. The number of H-pyrrole nitrogens is 1. The highest BCUT2D eigenvalue weighted by molar-refractivity contribution is 7.19. The number of nitrogens with zero attached hydrogens (tertiary/aromatic N) is 7. The number of ether oxygens (including phenoxy) is 1. The molecule has 186 valence electrons. The van der Waals surface area contributed by atoms with Crippen LogP contribution in [0.15, 0.2) is 18.6 Å². The van der Waals surface area contributed by atoms with E-state index in [1.807, 2.05) is 12.3 Å². The number of aromatic amines is 1. The molecule has 4 aromatic rings. The van der Waals surface area contributed by atoms with Crippen molar-refractivity contribution in [2.75, 3.05) is 38.2 Å². The molecule has 1 N–H and O–H groups in total. The number of hydrogen-bond acceptors (Lipinski definition) is 8. The summed E-state index contributed by atoms with van der Waals surface area (Å²) in [6, 6.07) is 2.45. The van der Waals surface area contributed by atoms with Gasteiger partial charge in [0.2, 0.25) is 0 Å². The van der Waals surface area contributed by atoms with Crippen LogP contribution in [-0.4, -0.2) is 74.0 Å². The number of anilines is 1. The summed E-state index contributed by atoms with van der Waals surface area (Å²) >= 11 is 1.75. The number of rotatable bonds is 7. The van der Waals surface area contributed by atoms with Crippen molar-refractivity contribution in [3.05, 3.63) is 29.8 Å². The number of piperazine rings is 1. The van der Waals surface area contributed by atoms with Crippen molar-refractivity contribution in [1.82, 2.24) is 34.7 Å². The molecule has 5 heterocycles. The smallest absolute Gasteiger partial charge is 0.197 e. The predicted octanol–water partition coefficient (Wildman–Crippen LogP) is 4.60. The maximum atomic E-state index is 5.58. The number of thiazole rings is 1. The first-order chi connectivity index (χ1) is 16.9. The van der Waals surface area contributed by atoms with Crippen molar-refractivity contribution >= 4 is 22.0 Å². The molecule has 0 amide bonds. The molecular formula is C25H34N8OS. The van der Waals surface area contributed by atoms with E-state index in [2.05, 4.69) is 59.6 Å². The Balaban J connectivity index is 1.52. The number of aromatic nitrogens is 6. The molecule has 0 unspecified atom stereocenters. The lowest BCUT2D eigenvalue weighted by Crippen LogP contribution is -2.52. The van der Waals surface area contributed by atoms with Crippen LogP contribution in [0.5, 0.6) is 5.75 Å². The van der Waals surface area contributed by atoms with Gasteiger partial charge in [-0.15, -0.1) is 0 Å². The predicted molar refractivity (Wildman–Crippen MR) is 141 cm³/mol. The van der Waals surface area contributed by atoms with Gasteiger partial charge in [-0.25, -0.2) is 14.5 Å². The summed E-state index contributed by atoms with van der Waals surface area (Å²) in [6.07, 6.45) is 4.70. The molecule has 0 aromatic carbocycles. The maximum Gasteiger partial charge on any atom is 0.197 e. The molecule has 4 aromatic heterocycles. The third kappa shape index (κ3) is 4.29. The molecule has 0 radical (unpaired) electrons. The summed E-state index contributed by atoms with van der Waals surface area (Å²) in [5.41, 5.74) is 5.75. The van der Waals surface area contributed by atoms with Gasteiger partial charge in [-0.05, 0) is 38.8 Å². The average molecular weight is 495 g/mol. The first kappa shape index (κ1) is 23.7. The molecule has 1 atom stereocenters. The number of methoxy groups -OCH3 is 1. The van der Waals surface area contributed by atoms with E-state index in [-0.39, 0.29) is 5.92 Å². The van der Waals surface area contributed by atoms with Gasteiger partial charge in [0.05, 0.1) is 18.5 Å². The van der Waals surface area contributed by atoms with Crippen molar-refractivity contribution in [1.29, 1.82) is 0 Å². The molecule has 9 nitrogen and oxygen atoms in total. The topological polar surface area (TPSA) is 87.5 Å². The number of pyridine rings is 1. The van der Waals surface area contributed by atoms with Gasteiger partial charge in [-0.1, -0.05) is 32.1 Å². The monoisotopic (exact) mass is 494 g/mol. The second-order valence-electron chi connectivity index (χ2n) is 9.59. The van der Waals surface area contributed by atoms with Gasteiger partial charge in [0, 0.05) is 43.0 Å². The molecule has 1 aliphatic heterocycles. The molecular weight excluding hydrogens is 460 g/mol. The highest BCUT2D eigenvalue weighted by Crippen LogP contribution is 2.41. The fourth-order valence-corrected chi connectivity index (χ4v) is 6.29. The quantitative estimate of drug-likeness (QED) is 0.402. The lowest BCUT2D eigenvalue weighted by Gasteiger charge is -2.40. The van der Waals surface area contributed by atoms with Gasteiger partial charge in [-0.2, -0.15) is 10.2 Å². The summed E-state index contributed by atoms with van der Waals surface area (Å²) in [7, 11) is 1.65. The fraction of sp³-hybridized carbons (Fsp3) is 0.520. The normalized spacial score (nSPS) is 17.1. The largest absolute Gasteiger partial charge is 0.493 e. The zero-order valence-corrected chi connectivity index (χ0v) is 22.2. The molecule has 1 saturated heterocycles. The van der Waals surface area contributed by atoms with Gasteiger partial charge in [0.1, 0.15) is 22.0 Å². The van der Waals surface area contributed by atoms with Gasteiger partial charge in [0.25, 0.3) is 0 Å². The molecule has 5 rings (SSSR count). The standard InChI is InChI=1S/C25H34N8OS/c1-7-8-31-9-10-32(16(4)12-31)25-17(5)28-24(35-25)22-20(15(2)3)21(29-30-22)18-11-19(34-6)23-26-14-27-33(23)13-18/h11,13-16H,7-10,12H2,1-6H3,(H,29,30)/t16-/m1/s1. The van der Waals surface area contributed by atoms with E-state index >= 15 is 0 Å². The first-order valence-electron chi connectivity index (χ1n) is 12.3. The minimum atomic E-state index is 0.250. The lowest BCUT2D eigenvalue weighted by atomic mass is 9.97. The van der Waals surface area contributed by atoms with Crippen LogP contribution in [0.4, 0.5) is 5.00 Å². The van der Waals surface area contributed by atoms with Crippen molar-refractivity contribution in [3.8, 4) is 27.7 Å². The van der Waals surface area contributed by atoms with Gasteiger partial charge in [-0.3, -0.25) is 10.00 Å². The van der Waals surface area contributed by atoms with Crippen LogP contribution in [0.1, 0.15) is 51.3 Å². The Labute approximate surface area is 210 Å². The molecule has 1 aliphatic rings. The van der Waals surface area contributed by atoms with Gasteiger partial charge >= 0.3 is 0 Å². The van der Waals surface area contributed by atoms with E-state index in [0.717, 1.165) is 52.9 Å². The van der Waals surface area contributed by atoms with Gasteiger partial charge < -0.3 is 9.64 Å². The molecule has 10 heteroatoms. The highest BCUT2D eigenvalue weighted by atomic mass is 32.1. The molecule has 1 fully saturated rings. The van der Waals surface area contributed by atoms with E-state index in [1.165, 1.54) is 24.3 Å². The van der Waals surface area contributed by atoms with Crippen LogP contribution in [0.25, 0.3) is 27.6 Å². The van der Waals surface area contributed by atoms with Crippen LogP contribution in [-0.2, 0) is 0 Å². The number of hydrogen-bond donors (Lipinski definition) is 1. The average Bonchev–Trinajstić information content (AvgIpc) is 3.56. The number of nitrogens with one attached hydrogen (secondary N) is 1. The van der Waals surface area contributed by atoms with E-state index in [0.29, 0.717) is 17.4 Å². The molecule has 0 saturated carbocycles. The summed E-state index contributed by atoms with van der Waals surface area (Å²) in [5, 5.41) is 14.6. The summed E-state index contributed by atoms with van der Waals surface area (Å²) < 4.78 is 7.32. The lowest BCUT2D eigenvalue weighted by molar-refractivity contribution is 0.229. The van der Waals surface area contributed by atoms with Crippen LogP contribution >= 0.6 is 11.3 Å². The maximum absolute atomic E-state index is 5.58. The highest BCUT2D eigenvalue weighted by Gasteiger charge is 2.28. The Morgan fingerprint density at radius 3 is 2.83 bits per heavy atom. The Morgan fingerprint density at radius 2 is 2.11 bits per heavy atom. The second kappa shape index (κ2) is 9.58. The summed E-state index contributed by atoms with van der Waals surface area (Å²) in [5.74, 6) is 0.926. The SMILES string of the molecule is CCCN1CCN(c2sc(-c3n[nH]c(-c4cc(OC)c5ncnn5c4)c3C(C)C)nc2C)[C@H](C)C1. The third-order valence-corrected chi connectivity index (χ3v) is 7.92. The number of aryl methyl sites for hydroxylation is 1. The zero-order chi connectivity index (χ0) is 24.7. The Kier molecular flexibility index (Phi) is 6.50. The third-order valence-electron chi connectivity index (χ3n) is 6.72. The van der Waals surface area contributed by atoms with Crippen LogP contribution in [0.2, 0.25) is 0 Å². The van der Waals surface area contributed by atoms with E-state index in [1.54, 1.807) is 23.0 Å². The Hall–Kier alpha value is -2.98. The summed E-state index contributed by atoms with van der Waals surface area (Å²) in [6.45, 7) is 15.5. The minimum absolute atomic E-state index is 0.250. The van der Waals surface area contributed by atoms with Crippen LogP contribution in [0.3, 0.4) is 0 Å². The Bertz CT molecular complexity index is 1320. The van der Waals surface area contributed by atoms with Crippen LogP contribution in [0, 0.1) is 6.92 Å².